The average molecular weight is 240 g/mol. The SMILES string of the molecule is COc1ccc(Cl)cc1C(O)c1cn[nH]n1. The maximum Gasteiger partial charge on any atom is 0.128 e. The number of halogens is 1. The van der Waals surface area contributed by atoms with Crippen LogP contribution in [0.5, 0.6) is 5.75 Å². The van der Waals surface area contributed by atoms with Crippen molar-refractivity contribution < 1.29 is 9.84 Å². The van der Waals surface area contributed by atoms with Gasteiger partial charge < -0.3 is 9.84 Å². The molecule has 1 unspecified atom stereocenters. The van der Waals surface area contributed by atoms with Crippen LogP contribution in [-0.2, 0) is 0 Å². The minimum absolute atomic E-state index is 0.417. The molecule has 0 saturated heterocycles. The van der Waals surface area contributed by atoms with Gasteiger partial charge in [-0.2, -0.15) is 15.4 Å². The van der Waals surface area contributed by atoms with Gasteiger partial charge in [-0.25, -0.2) is 0 Å². The minimum atomic E-state index is -0.910. The molecule has 0 radical (unpaired) electrons. The lowest BCUT2D eigenvalue weighted by molar-refractivity contribution is 0.210. The predicted octanol–water partition coefficient (Wildman–Crippen LogP) is 1.55. The van der Waals surface area contributed by atoms with Crippen LogP contribution in [-0.4, -0.2) is 27.6 Å². The predicted molar refractivity (Wildman–Crippen MR) is 58.4 cm³/mol. The van der Waals surface area contributed by atoms with Crippen LogP contribution in [0.2, 0.25) is 5.02 Å². The molecule has 0 aliphatic rings. The van der Waals surface area contributed by atoms with E-state index >= 15 is 0 Å². The summed E-state index contributed by atoms with van der Waals surface area (Å²) in [5.74, 6) is 0.555. The molecule has 2 aromatic rings. The van der Waals surface area contributed by atoms with E-state index in [4.69, 9.17) is 16.3 Å². The maximum atomic E-state index is 10.1. The van der Waals surface area contributed by atoms with Gasteiger partial charge in [0.05, 0.1) is 13.3 Å². The van der Waals surface area contributed by atoms with Gasteiger partial charge in [0.1, 0.15) is 17.5 Å². The molecular weight excluding hydrogens is 230 g/mol. The number of H-pyrrole nitrogens is 1. The fraction of sp³-hybridized carbons (Fsp3) is 0.200. The number of nitrogens with zero attached hydrogens (tertiary/aromatic N) is 2. The van der Waals surface area contributed by atoms with Crippen molar-refractivity contribution in [2.75, 3.05) is 7.11 Å². The Morgan fingerprint density at radius 3 is 2.94 bits per heavy atom. The molecule has 0 amide bonds. The van der Waals surface area contributed by atoms with Gasteiger partial charge in [0, 0.05) is 10.6 Å². The second kappa shape index (κ2) is 4.51. The molecule has 1 atom stereocenters. The Hall–Kier alpha value is -1.59. The highest BCUT2D eigenvalue weighted by molar-refractivity contribution is 6.30. The standard InChI is InChI=1S/C10H10ClN3O2/c1-16-9-3-2-6(11)4-7(9)10(15)8-5-12-14-13-8/h2-5,10,15H,1H3,(H,12,13,14). The Kier molecular flexibility index (Phi) is 3.07. The van der Waals surface area contributed by atoms with Crippen LogP contribution in [0.15, 0.2) is 24.4 Å². The Balaban J connectivity index is 2.42. The van der Waals surface area contributed by atoms with Crippen LogP contribution < -0.4 is 4.74 Å². The van der Waals surface area contributed by atoms with E-state index in [-0.39, 0.29) is 0 Å². The first-order chi connectivity index (χ1) is 7.72. The second-order valence-electron chi connectivity index (χ2n) is 3.18. The Labute approximate surface area is 97.0 Å². The van der Waals surface area contributed by atoms with Gasteiger partial charge in [-0.3, -0.25) is 0 Å². The van der Waals surface area contributed by atoms with E-state index in [1.54, 1.807) is 18.2 Å². The van der Waals surface area contributed by atoms with E-state index in [9.17, 15) is 5.11 Å². The fourth-order valence-electron chi connectivity index (χ4n) is 1.42. The molecule has 0 aliphatic heterocycles. The van der Waals surface area contributed by atoms with Gasteiger partial charge >= 0.3 is 0 Å². The van der Waals surface area contributed by atoms with Crippen molar-refractivity contribution in [1.29, 1.82) is 0 Å². The summed E-state index contributed by atoms with van der Waals surface area (Å²) in [5, 5.41) is 20.5. The molecule has 1 aromatic heterocycles. The molecule has 2 N–H and O–H groups in total. The summed E-state index contributed by atoms with van der Waals surface area (Å²) in [6.07, 6.45) is 0.540. The van der Waals surface area contributed by atoms with Crippen LogP contribution in [0, 0.1) is 0 Å². The summed E-state index contributed by atoms with van der Waals surface area (Å²) < 4.78 is 5.14. The van der Waals surface area contributed by atoms with Crippen LogP contribution in [0.25, 0.3) is 0 Å². The summed E-state index contributed by atoms with van der Waals surface area (Å²) in [5.41, 5.74) is 0.976. The largest absolute Gasteiger partial charge is 0.496 e. The maximum absolute atomic E-state index is 10.1. The van der Waals surface area contributed by atoms with Gasteiger partial charge in [-0.15, -0.1) is 0 Å². The number of benzene rings is 1. The lowest BCUT2D eigenvalue weighted by Gasteiger charge is -2.12. The summed E-state index contributed by atoms with van der Waals surface area (Å²) in [7, 11) is 1.53. The van der Waals surface area contributed by atoms with Gasteiger partial charge in [0.15, 0.2) is 0 Å². The number of aliphatic hydroxyl groups excluding tert-OH is 1. The number of methoxy groups -OCH3 is 1. The molecule has 0 spiro atoms. The molecule has 0 aliphatic carbocycles. The lowest BCUT2D eigenvalue weighted by atomic mass is 10.1. The van der Waals surface area contributed by atoms with Gasteiger partial charge in [-0.1, -0.05) is 11.6 Å². The van der Waals surface area contributed by atoms with Crippen LogP contribution in [0.3, 0.4) is 0 Å². The number of hydrogen-bond donors (Lipinski definition) is 2. The summed E-state index contributed by atoms with van der Waals surface area (Å²) >= 11 is 5.87. The number of ether oxygens (including phenoxy) is 1. The van der Waals surface area contributed by atoms with Gasteiger partial charge in [0.25, 0.3) is 0 Å². The van der Waals surface area contributed by atoms with Crippen molar-refractivity contribution in [3.8, 4) is 5.75 Å². The zero-order valence-electron chi connectivity index (χ0n) is 8.51. The first kappa shape index (κ1) is 10.9. The van der Waals surface area contributed by atoms with Crippen molar-refractivity contribution >= 4 is 11.6 Å². The van der Waals surface area contributed by atoms with Crippen molar-refractivity contribution in [3.05, 3.63) is 40.7 Å². The normalized spacial score (nSPS) is 12.4. The highest BCUT2D eigenvalue weighted by Gasteiger charge is 2.18. The van der Waals surface area contributed by atoms with Gasteiger partial charge in [0.2, 0.25) is 0 Å². The number of aliphatic hydroxyl groups is 1. The van der Waals surface area contributed by atoms with Crippen molar-refractivity contribution in [2.45, 2.75) is 6.10 Å². The van der Waals surface area contributed by atoms with Crippen LogP contribution in [0.4, 0.5) is 0 Å². The number of nitrogens with one attached hydrogen (secondary N) is 1. The molecule has 1 aromatic carbocycles. The smallest absolute Gasteiger partial charge is 0.128 e. The molecule has 0 bridgehead atoms. The Morgan fingerprint density at radius 2 is 2.31 bits per heavy atom. The van der Waals surface area contributed by atoms with E-state index in [0.717, 1.165) is 0 Å². The molecule has 2 rings (SSSR count). The van der Waals surface area contributed by atoms with E-state index in [0.29, 0.717) is 22.0 Å². The molecule has 1 heterocycles. The second-order valence-corrected chi connectivity index (χ2v) is 3.62. The van der Waals surface area contributed by atoms with Crippen LogP contribution >= 0.6 is 11.6 Å². The van der Waals surface area contributed by atoms with Crippen molar-refractivity contribution in [2.24, 2.45) is 0 Å². The number of rotatable bonds is 3. The first-order valence-corrected chi connectivity index (χ1v) is 4.97. The van der Waals surface area contributed by atoms with E-state index in [1.807, 2.05) is 0 Å². The van der Waals surface area contributed by atoms with E-state index in [2.05, 4.69) is 15.4 Å². The molecule has 0 fully saturated rings. The third kappa shape index (κ3) is 2.00. The number of aromatic nitrogens is 3. The highest BCUT2D eigenvalue weighted by atomic mass is 35.5. The topological polar surface area (TPSA) is 71.0 Å². The first-order valence-electron chi connectivity index (χ1n) is 4.59. The zero-order chi connectivity index (χ0) is 11.5. The van der Waals surface area contributed by atoms with Gasteiger partial charge in [-0.05, 0) is 18.2 Å². The fourth-order valence-corrected chi connectivity index (χ4v) is 1.60. The highest BCUT2D eigenvalue weighted by Crippen LogP contribution is 2.30. The van der Waals surface area contributed by atoms with Crippen LogP contribution in [0.1, 0.15) is 17.4 Å². The molecule has 5 nitrogen and oxygen atoms in total. The summed E-state index contributed by atoms with van der Waals surface area (Å²) in [4.78, 5) is 0. The number of aromatic amines is 1. The van der Waals surface area contributed by atoms with Crippen molar-refractivity contribution in [3.63, 3.8) is 0 Å². The zero-order valence-corrected chi connectivity index (χ0v) is 9.27. The number of hydrogen-bond acceptors (Lipinski definition) is 4. The molecule has 6 heteroatoms. The monoisotopic (exact) mass is 239 g/mol. The lowest BCUT2D eigenvalue weighted by Crippen LogP contribution is -2.03. The quantitative estimate of drug-likeness (QED) is 0.853. The molecular formula is C10H10ClN3O2. The van der Waals surface area contributed by atoms with Crippen molar-refractivity contribution in [1.82, 2.24) is 15.4 Å². The third-order valence-electron chi connectivity index (χ3n) is 2.20. The molecule has 0 saturated carbocycles. The molecule has 84 valence electrons. The average Bonchev–Trinajstić information content (AvgIpc) is 2.81. The summed E-state index contributed by atoms with van der Waals surface area (Å²) in [6, 6.07) is 5.03. The summed E-state index contributed by atoms with van der Waals surface area (Å²) in [6.45, 7) is 0. The Bertz CT molecular complexity index is 473. The van der Waals surface area contributed by atoms with E-state index < -0.39 is 6.10 Å². The Morgan fingerprint density at radius 1 is 1.50 bits per heavy atom. The minimum Gasteiger partial charge on any atom is -0.496 e. The third-order valence-corrected chi connectivity index (χ3v) is 2.44. The van der Waals surface area contributed by atoms with E-state index in [1.165, 1.54) is 13.3 Å². The molecule has 16 heavy (non-hydrogen) atoms.